The molecule has 5 heteroatoms. The molecule has 0 unspecified atom stereocenters. The molecule has 0 saturated heterocycles. The van der Waals surface area contributed by atoms with Gasteiger partial charge in [0, 0.05) is 35.9 Å². The number of rotatable bonds is 5. The van der Waals surface area contributed by atoms with Crippen molar-refractivity contribution >= 4 is 22.9 Å². The average molecular weight is 343 g/mol. The minimum absolute atomic E-state index is 0.0426. The molecule has 24 heavy (non-hydrogen) atoms. The first-order valence-electron chi connectivity index (χ1n) is 8.57. The number of benzene rings is 1. The zero-order valence-corrected chi connectivity index (χ0v) is 14.4. The fourth-order valence-electron chi connectivity index (χ4n) is 3.39. The van der Waals surface area contributed by atoms with Crippen LogP contribution in [0.1, 0.15) is 43.4 Å². The van der Waals surface area contributed by atoms with Gasteiger partial charge < -0.3 is 14.8 Å². The maximum atomic E-state index is 12.1. The first kappa shape index (κ1) is 15.5. The van der Waals surface area contributed by atoms with Crippen molar-refractivity contribution in [2.45, 2.75) is 50.7 Å². The maximum Gasteiger partial charge on any atom is 0.251 e. The number of carbonyl (C=O) groups is 1. The highest BCUT2D eigenvalue weighted by Crippen LogP contribution is 2.47. The van der Waals surface area contributed by atoms with Crippen molar-refractivity contribution < 1.29 is 14.3 Å². The summed E-state index contributed by atoms with van der Waals surface area (Å²) in [6.45, 7) is 0. The van der Waals surface area contributed by atoms with Crippen LogP contribution in [0.15, 0.2) is 35.7 Å². The van der Waals surface area contributed by atoms with Gasteiger partial charge in [-0.2, -0.15) is 0 Å². The van der Waals surface area contributed by atoms with Crippen LogP contribution in [-0.2, 0) is 11.2 Å². The number of hydrogen-bond donors (Lipinski definition) is 1. The average Bonchev–Trinajstić information content (AvgIpc) is 3.29. The molecule has 2 aromatic rings. The topological polar surface area (TPSA) is 47.6 Å². The Labute approximate surface area is 145 Å². The number of thiophene rings is 1. The van der Waals surface area contributed by atoms with Crippen molar-refractivity contribution in [2.24, 2.45) is 0 Å². The molecular formula is C19H21NO3S. The molecule has 1 saturated carbocycles. The van der Waals surface area contributed by atoms with Crippen molar-refractivity contribution in [1.82, 2.24) is 0 Å². The molecule has 0 atom stereocenters. The number of anilines is 1. The van der Waals surface area contributed by atoms with Gasteiger partial charge in [0.05, 0.1) is 0 Å². The van der Waals surface area contributed by atoms with Gasteiger partial charge in [0.1, 0.15) is 0 Å². The Bertz CT molecular complexity index is 720. The van der Waals surface area contributed by atoms with Crippen LogP contribution in [0.4, 0.5) is 5.69 Å². The van der Waals surface area contributed by atoms with E-state index in [2.05, 4.69) is 16.8 Å². The third kappa shape index (κ3) is 3.26. The molecule has 126 valence electrons. The van der Waals surface area contributed by atoms with Gasteiger partial charge in [-0.05, 0) is 49.3 Å². The van der Waals surface area contributed by atoms with Gasteiger partial charge in [0.2, 0.25) is 5.91 Å². The van der Waals surface area contributed by atoms with E-state index in [0.717, 1.165) is 55.7 Å². The Morgan fingerprint density at radius 1 is 1.17 bits per heavy atom. The number of carbonyl (C=O) groups excluding carboxylic acids is 1. The Balaban J connectivity index is 1.32. The molecule has 1 fully saturated rings. The van der Waals surface area contributed by atoms with E-state index in [1.54, 1.807) is 11.3 Å². The lowest BCUT2D eigenvalue weighted by molar-refractivity contribution is -0.116. The van der Waals surface area contributed by atoms with Crippen LogP contribution < -0.4 is 14.8 Å². The van der Waals surface area contributed by atoms with Crippen LogP contribution >= 0.6 is 11.3 Å². The summed E-state index contributed by atoms with van der Waals surface area (Å²) >= 11 is 1.74. The summed E-state index contributed by atoms with van der Waals surface area (Å²) in [7, 11) is 0. The van der Waals surface area contributed by atoms with Crippen LogP contribution in [0.2, 0.25) is 0 Å². The number of hydrogen-bond acceptors (Lipinski definition) is 4. The van der Waals surface area contributed by atoms with E-state index >= 15 is 0 Å². The molecule has 2 aliphatic rings. The van der Waals surface area contributed by atoms with E-state index in [9.17, 15) is 4.79 Å². The summed E-state index contributed by atoms with van der Waals surface area (Å²) in [6, 6.07) is 9.81. The third-order valence-electron chi connectivity index (χ3n) is 4.59. The summed E-state index contributed by atoms with van der Waals surface area (Å²) in [5.74, 6) is 1.12. The predicted molar refractivity (Wildman–Crippen MR) is 94.8 cm³/mol. The van der Waals surface area contributed by atoms with E-state index in [4.69, 9.17) is 9.47 Å². The van der Waals surface area contributed by atoms with Crippen LogP contribution in [0.3, 0.4) is 0 Å². The molecule has 2 heterocycles. The Kier molecular flexibility index (Phi) is 4.19. The van der Waals surface area contributed by atoms with Gasteiger partial charge in [-0.25, -0.2) is 0 Å². The number of fused-ring (bicyclic) bond motifs is 1. The molecule has 1 N–H and O–H groups in total. The Morgan fingerprint density at radius 3 is 2.79 bits per heavy atom. The van der Waals surface area contributed by atoms with Crippen LogP contribution in [-0.4, -0.2) is 11.7 Å². The quantitative estimate of drug-likeness (QED) is 0.852. The van der Waals surface area contributed by atoms with Crippen molar-refractivity contribution in [3.8, 4) is 11.5 Å². The molecular weight excluding hydrogens is 322 g/mol. The van der Waals surface area contributed by atoms with Gasteiger partial charge in [-0.15, -0.1) is 11.3 Å². The Hall–Kier alpha value is -2.01. The minimum Gasteiger partial charge on any atom is -0.448 e. The molecule has 1 spiro atoms. The second-order valence-corrected chi connectivity index (χ2v) is 7.50. The van der Waals surface area contributed by atoms with Crippen molar-refractivity contribution in [3.05, 3.63) is 40.6 Å². The number of aryl methyl sites for hydroxylation is 1. The SMILES string of the molecule is O=C(CCCc1cccs1)Nc1ccc2c(c1)OC1(CCCC1)O2. The van der Waals surface area contributed by atoms with Gasteiger partial charge in [-0.1, -0.05) is 6.07 Å². The monoisotopic (exact) mass is 343 g/mol. The molecule has 4 nitrogen and oxygen atoms in total. The lowest BCUT2D eigenvalue weighted by Crippen LogP contribution is -2.34. The molecule has 1 aromatic heterocycles. The van der Waals surface area contributed by atoms with E-state index in [-0.39, 0.29) is 5.91 Å². The molecule has 0 bridgehead atoms. The molecule has 0 radical (unpaired) electrons. The van der Waals surface area contributed by atoms with Crippen LogP contribution in [0.25, 0.3) is 0 Å². The van der Waals surface area contributed by atoms with Crippen molar-refractivity contribution in [3.63, 3.8) is 0 Å². The maximum absolute atomic E-state index is 12.1. The zero-order valence-electron chi connectivity index (χ0n) is 13.5. The summed E-state index contributed by atoms with van der Waals surface area (Å²) in [4.78, 5) is 13.4. The Morgan fingerprint density at radius 2 is 2.00 bits per heavy atom. The van der Waals surface area contributed by atoms with E-state index in [1.165, 1.54) is 4.88 Å². The summed E-state index contributed by atoms with van der Waals surface area (Å²) in [6.07, 6.45) is 6.49. The fraction of sp³-hybridized carbons (Fsp3) is 0.421. The largest absolute Gasteiger partial charge is 0.448 e. The van der Waals surface area contributed by atoms with Crippen molar-refractivity contribution in [2.75, 3.05) is 5.32 Å². The number of nitrogens with one attached hydrogen (secondary N) is 1. The fourth-order valence-corrected chi connectivity index (χ4v) is 4.14. The number of ether oxygens (including phenoxy) is 2. The predicted octanol–water partition coefficient (Wildman–Crippen LogP) is 4.75. The highest BCUT2D eigenvalue weighted by Gasteiger charge is 2.44. The van der Waals surface area contributed by atoms with Crippen molar-refractivity contribution in [1.29, 1.82) is 0 Å². The third-order valence-corrected chi connectivity index (χ3v) is 5.53. The minimum atomic E-state index is -0.453. The van der Waals surface area contributed by atoms with Crippen LogP contribution in [0, 0.1) is 0 Å². The number of amides is 1. The normalized spacial score (nSPS) is 17.3. The van der Waals surface area contributed by atoms with E-state index < -0.39 is 5.79 Å². The smallest absolute Gasteiger partial charge is 0.251 e. The second-order valence-electron chi connectivity index (χ2n) is 6.46. The lowest BCUT2D eigenvalue weighted by Gasteiger charge is -2.21. The lowest BCUT2D eigenvalue weighted by atomic mass is 10.2. The summed E-state index contributed by atoms with van der Waals surface area (Å²) in [5.41, 5.74) is 0.772. The zero-order chi connectivity index (χ0) is 16.4. The van der Waals surface area contributed by atoms with Gasteiger partial charge in [0.25, 0.3) is 5.79 Å². The first-order valence-corrected chi connectivity index (χ1v) is 9.45. The highest BCUT2D eigenvalue weighted by atomic mass is 32.1. The van der Waals surface area contributed by atoms with Gasteiger partial charge in [-0.3, -0.25) is 4.79 Å². The van der Waals surface area contributed by atoms with Gasteiger partial charge >= 0.3 is 0 Å². The molecule has 1 amide bonds. The molecule has 1 aliphatic carbocycles. The van der Waals surface area contributed by atoms with E-state index in [0.29, 0.717) is 6.42 Å². The highest BCUT2D eigenvalue weighted by molar-refractivity contribution is 7.09. The molecule has 1 aromatic carbocycles. The molecule has 4 rings (SSSR count). The second kappa shape index (κ2) is 6.48. The summed E-state index contributed by atoms with van der Waals surface area (Å²) < 4.78 is 12.0. The first-order chi connectivity index (χ1) is 11.7. The van der Waals surface area contributed by atoms with E-state index in [1.807, 2.05) is 24.3 Å². The standard InChI is InChI=1S/C19H21NO3S/c21-18(7-3-5-15-6-4-12-24-15)20-14-8-9-16-17(13-14)23-19(22-16)10-1-2-11-19/h4,6,8-9,12-13H,1-3,5,7,10-11H2,(H,20,21). The molecule has 1 aliphatic heterocycles. The summed E-state index contributed by atoms with van der Waals surface area (Å²) in [5, 5.41) is 5.03. The van der Waals surface area contributed by atoms with Crippen LogP contribution in [0.5, 0.6) is 11.5 Å². The van der Waals surface area contributed by atoms with Gasteiger partial charge in [0.15, 0.2) is 11.5 Å².